The number of carbonyl (C=O) groups excluding carboxylic acids is 1. The van der Waals surface area contributed by atoms with E-state index in [9.17, 15) is 4.79 Å². The smallest absolute Gasteiger partial charge is 0.280 e. The van der Waals surface area contributed by atoms with Crippen molar-refractivity contribution in [3.05, 3.63) is 64.8 Å². The lowest BCUT2D eigenvalue weighted by molar-refractivity contribution is 0.101. The molecule has 0 atom stereocenters. The van der Waals surface area contributed by atoms with Crippen LogP contribution in [0.3, 0.4) is 0 Å². The topological polar surface area (TPSA) is 73.0 Å². The summed E-state index contributed by atoms with van der Waals surface area (Å²) in [5, 5.41) is 7.05. The minimum Gasteiger partial charge on any atom is -0.361 e. The number of nitrogens with zero attached hydrogens (tertiary/aromatic N) is 3. The van der Waals surface area contributed by atoms with Crippen LogP contribution in [0.15, 0.2) is 47.2 Å². The van der Waals surface area contributed by atoms with E-state index in [1.165, 1.54) is 0 Å². The maximum absolute atomic E-state index is 12.1. The highest BCUT2D eigenvalue weighted by Gasteiger charge is 2.14. The highest BCUT2D eigenvalue weighted by Crippen LogP contribution is 2.18. The molecule has 0 fully saturated rings. The molecule has 0 spiro atoms. The molecule has 0 aliphatic carbocycles. The van der Waals surface area contributed by atoms with E-state index in [2.05, 4.69) is 15.5 Å². The number of nitrogens with one attached hydrogen (secondary N) is 1. The van der Waals surface area contributed by atoms with Crippen molar-refractivity contribution >= 4 is 23.5 Å². The first kappa shape index (κ1) is 14.3. The summed E-state index contributed by atoms with van der Waals surface area (Å²) in [6.45, 7) is 2.23. The third-order valence-corrected chi connectivity index (χ3v) is 3.47. The van der Waals surface area contributed by atoms with Gasteiger partial charge in [0.15, 0.2) is 5.69 Å². The van der Waals surface area contributed by atoms with Crippen molar-refractivity contribution in [2.75, 3.05) is 5.32 Å². The first-order valence-corrected chi connectivity index (χ1v) is 7.00. The molecule has 0 unspecified atom stereocenters. The van der Waals surface area contributed by atoms with Crippen LogP contribution < -0.4 is 5.32 Å². The molecular weight excluding hydrogens is 304 g/mol. The van der Waals surface area contributed by atoms with Gasteiger partial charge in [0, 0.05) is 23.5 Å². The molecule has 6 nitrogen and oxygen atoms in total. The number of hydrogen-bond acceptors (Lipinski definition) is 4. The van der Waals surface area contributed by atoms with E-state index >= 15 is 0 Å². The average molecular weight is 317 g/mol. The van der Waals surface area contributed by atoms with Crippen LogP contribution in [0.25, 0.3) is 0 Å². The van der Waals surface area contributed by atoms with Crippen LogP contribution in [-0.2, 0) is 6.54 Å². The SMILES string of the molecule is Cc1cc(C(=O)Nc2nccn2Cc2ccccc2Cl)no1. The molecule has 1 amide bonds. The normalized spacial score (nSPS) is 10.6. The molecule has 3 aromatic rings. The van der Waals surface area contributed by atoms with Gasteiger partial charge >= 0.3 is 0 Å². The summed E-state index contributed by atoms with van der Waals surface area (Å²) in [6, 6.07) is 9.10. The number of halogens is 1. The fourth-order valence-corrected chi connectivity index (χ4v) is 2.21. The van der Waals surface area contributed by atoms with Crippen molar-refractivity contribution in [3.63, 3.8) is 0 Å². The Morgan fingerprint density at radius 2 is 2.23 bits per heavy atom. The number of rotatable bonds is 4. The zero-order chi connectivity index (χ0) is 15.5. The summed E-state index contributed by atoms with van der Waals surface area (Å²) in [5.74, 6) is 0.624. The highest BCUT2D eigenvalue weighted by molar-refractivity contribution is 6.31. The standard InChI is InChI=1S/C15H13ClN4O2/c1-10-8-13(19-22-10)14(21)18-15-17-6-7-20(15)9-11-4-2-3-5-12(11)16/h2-8H,9H2,1H3,(H,17,18,21). The molecule has 22 heavy (non-hydrogen) atoms. The van der Waals surface area contributed by atoms with Crippen molar-refractivity contribution in [3.8, 4) is 0 Å². The summed E-state index contributed by atoms with van der Waals surface area (Å²) in [7, 11) is 0. The number of amides is 1. The minimum absolute atomic E-state index is 0.213. The summed E-state index contributed by atoms with van der Waals surface area (Å²) >= 11 is 6.15. The summed E-state index contributed by atoms with van der Waals surface area (Å²) in [6.07, 6.45) is 3.38. The van der Waals surface area contributed by atoms with Crippen LogP contribution in [-0.4, -0.2) is 20.6 Å². The number of carbonyl (C=O) groups is 1. The average Bonchev–Trinajstić information content (AvgIpc) is 3.11. The van der Waals surface area contributed by atoms with Crippen LogP contribution in [0.2, 0.25) is 5.02 Å². The molecule has 7 heteroatoms. The Kier molecular flexibility index (Phi) is 3.93. The monoisotopic (exact) mass is 316 g/mol. The van der Waals surface area contributed by atoms with E-state index in [0.717, 1.165) is 5.56 Å². The zero-order valence-electron chi connectivity index (χ0n) is 11.8. The van der Waals surface area contributed by atoms with Crippen molar-refractivity contribution in [2.24, 2.45) is 0 Å². The maximum atomic E-state index is 12.1. The molecule has 0 radical (unpaired) electrons. The molecule has 112 valence electrons. The van der Waals surface area contributed by atoms with E-state index < -0.39 is 0 Å². The maximum Gasteiger partial charge on any atom is 0.280 e. The first-order valence-electron chi connectivity index (χ1n) is 6.62. The Morgan fingerprint density at radius 1 is 1.41 bits per heavy atom. The van der Waals surface area contributed by atoms with Gasteiger partial charge in [0.1, 0.15) is 5.76 Å². The molecule has 2 heterocycles. The molecule has 1 N–H and O–H groups in total. The largest absolute Gasteiger partial charge is 0.361 e. The summed E-state index contributed by atoms with van der Waals surface area (Å²) in [5.41, 5.74) is 1.15. The van der Waals surface area contributed by atoms with Crippen LogP contribution >= 0.6 is 11.6 Å². The molecule has 0 aliphatic rings. The lowest BCUT2D eigenvalue weighted by Crippen LogP contribution is -2.16. The molecule has 0 aliphatic heterocycles. The number of hydrogen-bond donors (Lipinski definition) is 1. The molecule has 0 bridgehead atoms. The van der Waals surface area contributed by atoms with Crippen LogP contribution in [0.4, 0.5) is 5.95 Å². The van der Waals surface area contributed by atoms with E-state index in [1.807, 2.05) is 24.3 Å². The van der Waals surface area contributed by atoms with Gasteiger partial charge < -0.3 is 9.09 Å². The Hall–Kier alpha value is -2.60. The third kappa shape index (κ3) is 3.01. The van der Waals surface area contributed by atoms with Gasteiger partial charge in [0.05, 0.1) is 6.54 Å². The number of anilines is 1. The molecule has 2 aromatic heterocycles. The third-order valence-electron chi connectivity index (χ3n) is 3.10. The first-order chi connectivity index (χ1) is 10.6. The number of imidazole rings is 1. The number of aromatic nitrogens is 3. The van der Waals surface area contributed by atoms with Gasteiger partial charge in [-0.25, -0.2) is 4.98 Å². The van der Waals surface area contributed by atoms with Gasteiger partial charge in [0.25, 0.3) is 5.91 Å². The molecule has 3 rings (SSSR count). The van der Waals surface area contributed by atoms with E-state index in [0.29, 0.717) is 23.3 Å². The Bertz CT molecular complexity index is 809. The molecule has 0 saturated heterocycles. The van der Waals surface area contributed by atoms with E-state index in [1.54, 1.807) is 30.0 Å². The second-order valence-electron chi connectivity index (χ2n) is 4.75. The van der Waals surface area contributed by atoms with Gasteiger partial charge in [-0.2, -0.15) is 0 Å². The highest BCUT2D eigenvalue weighted by atomic mass is 35.5. The van der Waals surface area contributed by atoms with E-state index in [4.69, 9.17) is 16.1 Å². The van der Waals surface area contributed by atoms with Crippen molar-refractivity contribution < 1.29 is 9.32 Å². The quantitative estimate of drug-likeness (QED) is 0.802. The van der Waals surface area contributed by atoms with Gasteiger partial charge in [-0.15, -0.1) is 0 Å². The van der Waals surface area contributed by atoms with Crippen molar-refractivity contribution in [2.45, 2.75) is 13.5 Å². The van der Waals surface area contributed by atoms with Gasteiger partial charge in [0.2, 0.25) is 5.95 Å². The van der Waals surface area contributed by atoms with Crippen LogP contribution in [0, 0.1) is 6.92 Å². The Morgan fingerprint density at radius 3 is 2.95 bits per heavy atom. The number of benzene rings is 1. The van der Waals surface area contributed by atoms with Gasteiger partial charge in [-0.1, -0.05) is 35.0 Å². The molecular formula is C15H13ClN4O2. The fraction of sp³-hybridized carbons (Fsp3) is 0.133. The lowest BCUT2D eigenvalue weighted by Gasteiger charge is -2.09. The predicted molar refractivity (Wildman–Crippen MR) is 82.0 cm³/mol. The van der Waals surface area contributed by atoms with Crippen molar-refractivity contribution in [1.29, 1.82) is 0 Å². The minimum atomic E-state index is -0.372. The summed E-state index contributed by atoms with van der Waals surface area (Å²) in [4.78, 5) is 16.2. The Labute approximate surface area is 131 Å². The van der Waals surface area contributed by atoms with E-state index in [-0.39, 0.29) is 11.6 Å². The van der Waals surface area contributed by atoms with Crippen LogP contribution in [0.1, 0.15) is 21.8 Å². The predicted octanol–water partition coefficient (Wildman–Crippen LogP) is 3.13. The molecule has 1 aromatic carbocycles. The molecule has 0 saturated carbocycles. The van der Waals surface area contributed by atoms with Crippen molar-refractivity contribution in [1.82, 2.24) is 14.7 Å². The second kappa shape index (κ2) is 6.03. The van der Waals surface area contributed by atoms with Gasteiger partial charge in [-0.3, -0.25) is 10.1 Å². The number of aryl methyl sites for hydroxylation is 1. The van der Waals surface area contributed by atoms with Crippen LogP contribution in [0.5, 0.6) is 0 Å². The lowest BCUT2D eigenvalue weighted by atomic mass is 10.2. The Balaban J connectivity index is 1.78. The fourth-order valence-electron chi connectivity index (χ4n) is 2.01. The zero-order valence-corrected chi connectivity index (χ0v) is 12.5. The second-order valence-corrected chi connectivity index (χ2v) is 5.15. The summed E-state index contributed by atoms with van der Waals surface area (Å²) < 4.78 is 6.69. The van der Waals surface area contributed by atoms with Gasteiger partial charge in [-0.05, 0) is 18.6 Å².